The van der Waals surface area contributed by atoms with Crippen LogP contribution in [0.15, 0.2) is 36.1 Å². The molecule has 0 radical (unpaired) electrons. The van der Waals surface area contributed by atoms with E-state index in [2.05, 4.69) is 46.9 Å². The van der Waals surface area contributed by atoms with Crippen molar-refractivity contribution in [1.29, 1.82) is 0 Å². The number of benzene rings is 1. The zero-order valence-corrected chi connectivity index (χ0v) is 18.1. The monoisotopic (exact) mass is 364 g/mol. The Bertz CT molecular complexity index is 527. The summed E-state index contributed by atoms with van der Waals surface area (Å²) >= 11 is 0. The minimum Gasteiger partial charge on any atom is -0.547 e. The summed E-state index contributed by atoms with van der Waals surface area (Å²) in [7, 11) is -0.0782. The van der Waals surface area contributed by atoms with E-state index in [1.54, 1.807) is 7.11 Å². The molecule has 0 heterocycles. The van der Waals surface area contributed by atoms with Crippen molar-refractivity contribution < 1.29 is 13.9 Å². The molecular formula is C21H36O3Si. The van der Waals surface area contributed by atoms with Crippen LogP contribution in [0.1, 0.15) is 52.5 Å². The van der Waals surface area contributed by atoms with E-state index in [-0.39, 0.29) is 5.04 Å². The van der Waals surface area contributed by atoms with Gasteiger partial charge in [0.15, 0.2) is 0 Å². The van der Waals surface area contributed by atoms with Gasteiger partial charge >= 0.3 is 0 Å². The third-order valence-corrected chi connectivity index (χ3v) is 9.14. The Hall–Kier alpha value is -1.26. The van der Waals surface area contributed by atoms with Crippen LogP contribution < -0.4 is 4.74 Å². The summed E-state index contributed by atoms with van der Waals surface area (Å²) in [5, 5.41) is 0.227. The molecule has 0 unspecified atom stereocenters. The fourth-order valence-corrected chi connectivity index (χ4v) is 3.28. The van der Waals surface area contributed by atoms with Crippen molar-refractivity contribution in [2.75, 3.05) is 13.7 Å². The van der Waals surface area contributed by atoms with Gasteiger partial charge in [-0.2, -0.15) is 0 Å². The Morgan fingerprint density at radius 1 is 1.12 bits per heavy atom. The Labute approximate surface area is 155 Å². The maximum atomic E-state index is 6.46. The van der Waals surface area contributed by atoms with E-state index in [1.165, 1.54) is 0 Å². The molecule has 0 aliphatic rings. The van der Waals surface area contributed by atoms with Gasteiger partial charge in [-0.3, -0.25) is 0 Å². The van der Waals surface area contributed by atoms with Crippen LogP contribution in [0.25, 0.3) is 0 Å². The molecule has 25 heavy (non-hydrogen) atoms. The van der Waals surface area contributed by atoms with Crippen LogP contribution in [0.5, 0.6) is 5.75 Å². The van der Waals surface area contributed by atoms with Gasteiger partial charge in [0.2, 0.25) is 8.32 Å². The number of ether oxygens (including phenoxy) is 2. The molecule has 0 aromatic heterocycles. The van der Waals surface area contributed by atoms with Crippen molar-refractivity contribution in [1.82, 2.24) is 0 Å². The van der Waals surface area contributed by atoms with E-state index < -0.39 is 8.32 Å². The first kappa shape index (κ1) is 21.8. The molecule has 1 aromatic carbocycles. The number of methoxy groups -OCH3 is 1. The Morgan fingerprint density at radius 2 is 1.76 bits per heavy atom. The van der Waals surface area contributed by atoms with Crippen molar-refractivity contribution >= 4 is 8.32 Å². The Morgan fingerprint density at radius 3 is 2.28 bits per heavy atom. The number of rotatable bonds is 10. The zero-order valence-electron chi connectivity index (χ0n) is 17.1. The molecule has 0 spiro atoms. The lowest BCUT2D eigenvalue weighted by Gasteiger charge is -2.37. The summed E-state index contributed by atoms with van der Waals surface area (Å²) < 4.78 is 17.4. The van der Waals surface area contributed by atoms with Gasteiger partial charge in [0, 0.05) is 6.42 Å². The van der Waals surface area contributed by atoms with E-state index >= 15 is 0 Å². The third kappa shape index (κ3) is 7.66. The normalized spacial score (nSPS) is 13.0. The predicted octanol–water partition coefficient (Wildman–Crippen LogP) is 6.31. The summed E-state index contributed by atoms with van der Waals surface area (Å²) in [5.74, 6) is 2.01. The molecule has 142 valence electrons. The van der Waals surface area contributed by atoms with Crippen molar-refractivity contribution in [2.45, 2.75) is 71.7 Å². The Balaban J connectivity index is 2.46. The number of hydrogen-bond acceptors (Lipinski definition) is 3. The minimum atomic E-state index is -1.76. The smallest absolute Gasteiger partial charge is 0.250 e. The molecule has 1 rings (SSSR count). The molecule has 1 aromatic rings. The summed E-state index contributed by atoms with van der Waals surface area (Å²) in [6.45, 7) is 15.0. The highest BCUT2D eigenvalue weighted by atomic mass is 28.4. The van der Waals surface area contributed by atoms with Crippen molar-refractivity contribution in [3.05, 3.63) is 41.7 Å². The minimum absolute atomic E-state index is 0.227. The van der Waals surface area contributed by atoms with Gasteiger partial charge in [0.25, 0.3) is 0 Å². The third-order valence-electron chi connectivity index (χ3n) is 4.75. The second kappa shape index (κ2) is 10.0. The maximum Gasteiger partial charge on any atom is 0.250 e. The molecule has 0 amide bonds. The van der Waals surface area contributed by atoms with Gasteiger partial charge in [-0.05, 0) is 54.7 Å². The summed E-state index contributed by atoms with van der Waals surface area (Å²) in [4.78, 5) is 0. The Kier molecular flexibility index (Phi) is 8.73. The van der Waals surface area contributed by atoms with Crippen molar-refractivity contribution in [3.63, 3.8) is 0 Å². The van der Waals surface area contributed by atoms with Crippen molar-refractivity contribution in [2.24, 2.45) is 0 Å². The molecular weight excluding hydrogens is 328 g/mol. The van der Waals surface area contributed by atoms with E-state index in [0.717, 1.165) is 36.3 Å². The first-order valence-corrected chi connectivity index (χ1v) is 12.2. The van der Waals surface area contributed by atoms with Crippen molar-refractivity contribution in [3.8, 4) is 5.75 Å². The predicted molar refractivity (Wildman–Crippen MR) is 109 cm³/mol. The summed E-state index contributed by atoms with van der Waals surface area (Å²) in [5.41, 5.74) is 1.16. The fourth-order valence-electron chi connectivity index (χ4n) is 2.14. The zero-order chi connectivity index (χ0) is 18.9. The summed E-state index contributed by atoms with van der Waals surface area (Å²) in [6, 6.07) is 8.01. The molecule has 0 saturated carbocycles. The van der Waals surface area contributed by atoms with E-state index in [1.807, 2.05) is 24.3 Å². The van der Waals surface area contributed by atoms with E-state index in [0.29, 0.717) is 13.2 Å². The largest absolute Gasteiger partial charge is 0.547 e. The van der Waals surface area contributed by atoms with Gasteiger partial charge < -0.3 is 13.9 Å². The fraction of sp³-hybridized carbons (Fsp3) is 0.619. The maximum absolute atomic E-state index is 6.46. The highest BCUT2D eigenvalue weighted by Gasteiger charge is 2.39. The molecule has 0 aliphatic heterocycles. The van der Waals surface area contributed by atoms with Gasteiger partial charge in [-0.15, -0.1) is 0 Å². The second-order valence-corrected chi connectivity index (χ2v) is 12.7. The molecule has 0 bridgehead atoms. The van der Waals surface area contributed by atoms with Crippen LogP contribution in [0.3, 0.4) is 0 Å². The SMILES string of the molecule is CCC/C(=C\CCOCc1ccc(OC)cc1)O[Si](C)(C)C(C)(C)C. The lowest BCUT2D eigenvalue weighted by Crippen LogP contribution is -2.40. The van der Waals surface area contributed by atoms with Crippen LogP contribution in [0.2, 0.25) is 18.1 Å². The lowest BCUT2D eigenvalue weighted by atomic mass is 10.2. The average molecular weight is 365 g/mol. The molecule has 0 aliphatic carbocycles. The standard InChI is InChI=1S/C21H36O3Si/c1-8-10-20(24-25(6,7)21(2,3)4)11-9-16-23-17-18-12-14-19(22-5)15-13-18/h11-15H,8-10,16-17H2,1-7H3/b20-11+. The molecule has 0 saturated heterocycles. The highest BCUT2D eigenvalue weighted by molar-refractivity contribution is 6.74. The number of hydrogen-bond donors (Lipinski definition) is 0. The lowest BCUT2D eigenvalue weighted by molar-refractivity contribution is 0.124. The van der Waals surface area contributed by atoms with Crippen LogP contribution in [0, 0.1) is 0 Å². The van der Waals surface area contributed by atoms with E-state index in [4.69, 9.17) is 13.9 Å². The molecule has 4 heteroatoms. The molecule has 0 fully saturated rings. The van der Waals surface area contributed by atoms with Crippen LogP contribution in [0.4, 0.5) is 0 Å². The van der Waals surface area contributed by atoms with Crippen LogP contribution in [-0.4, -0.2) is 22.0 Å². The second-order valence-electron chi connectivity index (χ2n) is 7.97. The average Bonchev–Trinajstić information content (AvgIpc) is 2.54. The molecule has 3 nitrogen and oxygen atoms in total. The quantitative estimate of drug-likeness (QED) is 0.277. The summed E-state index contributed by atoms with van der Waals surface area (Å²) in [6.07, 6.45) is 5.22. The first-order valence-electron chi connectivity index (χ1n) is 9.28. The number of allylic oxidation sites excluding steroid dienone is 1. The highest BCUT2D eigenvalue weighted by Crippen LogP contribution is 2.38. The van der Waals surface area contributed by atoms with Crippen LogP contribution in [-0.2, 0) is 15.8 Å². The first-order chi connectivity index (χ1) is 11.7. The van der Waals surface area contributed by atoms with Crippen LogP contribution >= 0.6 is 0 Å². The van der Waals surface area contributed by atoms with Gasteiger partial charge in [-0.25, -0.2) is 0 Å². The molecule has 0 atom stereocenters. The van der Waals surface area contributed by atoms with E-state index in [9.17, 15) is 0 Å². The van der Waals surface area contributed by atoms with Gasteiger partial charge in [0.05, 0.1) is 26.1 Å². The van der Waals surface area contributed by atoms with Gasteiger partial charge in [0.1, 0.15) is 5.75 Å². The molecule has 0 N–H and O–H groups in total. The van der Waals surface area contributed by atoms with Gasteiger partial charge in [-0.1, -0.05) is 39.8 Å². The topological polar surface area (TPSA) is 27.7 Å².